The van der Waals surface area contributed by atoms with E-state index in [2.05, 4.69) is 44.3 Å². The van der Waals surface area contributed by atoms with Crippen LogP contribution < -0.4 is 5.32 Å². The lowest BCUT2D eigenvalue weighted by Gasteiger charge is -2.30. The highest BCUT2D eigenvalue weighted by Gasteiger charge is 2.20. The molecule has 2 rings (SSSR count). The molecule has 0 saturated heterocycles. The van der Waals surface area contributed by atoms with Crippen molar-refractivity contribution in [2.75, 3.05) is 5.32 Å². The van der Waals surface area contributed by atoms with Gasteiger partial charge in [-0.05, 0) is 55.9 Å². The summed E-state index contributed by atoms with van der Waals surface area (Å²) in [4.78, 5) is 0. The predicted octanol–water partition coefficient (Wildman–Crippen LogP) is 4.29. The van der Waals surface area contributed by atoms with E-state index in [1.54, 1.807) is 0 Å². The summed E-state index contributed by atoms with van der Waals surface area (Å²) in [5, 5.41) is 3.70. The summed E-state index contributed by atoms with van der Waals surface area (Å²) in [6.45, 7) is 6.73. The quantitative estimate of drug-likeness (QED) is 0.779. The maximum Gasteiger partial charge on any atom is 0.0345 e. The summed E-state index contributed by atoms with van der Waals surface area (Å²) in [5.74, 6) is 0.815. The van der Waals surface area contributed by atoms with Crippen LogP contribution in [0.1, 0.15) is 43.7 Å². The first-order valence-corrected chi connectivity index (χ1v) is 6.50. The standard InChI is InChI=1S/C15H23N/c1-11-8-9-14(10-13(11)3)16-15-7-5-4-6-12(15)2/h8-10,12,15-16H,4-7H2,1-3H3. The second-order valence-electron chi connectivity index (χ2n) is 5.31. The molecule has 2 atom stereocenters. The van der Waals surface area contributed by atoms with Crippen molar-refractivity contribution in [3.8, 4) is 0 Å². The molecule has 0 amide bonds. The van der Waals surface area contributed by atoms with Crippen molar-refractivity contribution in [2.24, 2.45) is 5.92 Å². The molecule has 1 aromatic carbocycles. The first-order valence-electron chi connectivity index (χ1n) is 6.50. The summed E-state index contributed by atoms with van der Waals surface area (Å²) in [6.07, 6.45) is 5.50. The molecule has 1 nitrogen and oxygen atoms in total. The number of hydrogen-bond acceptors (Lipinski definition) is 1. The van der Waals surface area contributed by atoms with E-state index < -0.39 is 0 Å². The van der Waals surface area contributed by atoms with Crippen molar-refractivity contribution < 1.29 is 0 Å². The van der Waals surface area contributed by atoms with Crippen LogP contribution in [0.25, 0.3) is 0 Å². The molecule has 2 unspecified atom stereocenters. The smallest absolute Gasteiger partial charge is 0.0345 e. The van der Waals surface area contributed by atoms with Gasteiger partial charge < -0.3 is 5.32 Å². The molecular formula is C15H23N. The van der Waals surface area contributed by atoms with Crippen molar-refractivity contribution >= 4 is 5.69 Å². The summed E-state index contributed by atoms with van der Waals surface area (Å²) in [6, 6.07) is 7.38. The van der Waals surface area contributed by atoms with Gasteiger partial charge in [0.05, 0.1) is 0 Å². The fourth-order valence-corrected chi connectivity index (χ4v) is 2.58. The molecule has 0 aromatic heterocycles. The number of aryl methyl sites for hydroxylation is 2. The average molecular weight is 217 g/mol. The Morgan fingerprint density at radius 3 is 2.50 bits per heavy atom. The molecule has 1 fully saturated rings. The minimum atomic E-state index is 0.677. The van der Waals surface area contributed by atoms with Crippen LogP contribution in [0.3, 0.4) is 0 Å². The van der Waals surface area contributed by atoms with Crippen LogP contribution in [0, 0.1) is 19.8 Å². The van der Waals surface area contributed by atoms with Gasteiger partial charge in [0.1, 0.15) is 0 Å². The van der Waals surface area contributed by atoms with Crippen molar-refractivity contribution in [1.29, 1.82) is 0 Å². The molecule has 1 aliphatic rings. The molecule has 0 bridgehead atoms. The van der Waals surface area contributed by atoms with Gasteiger partial charge >= 0.3 is 0 Å². The van der Waals surface area contributed by atoms with Gasteiger partial charge in [0, 0.05) is 11.7 Å². The minimum absolute atomic E-state index is 0.677. The highest BCUT2D eigenvalue weighted by atomic mass is 14.9. The van der Waals surface area contributed by atoms with Gasteiger partial charge in [-0.1, -0.05) is 25.8 Å². The Balaban J connectivity index is 2.05. The van der Waals surface area contributed by atoms with E-state index in [-0.39, 0.29) is 0 Å². The van der Waals surface area contributed by atoms with Crippen molar-refractivity contribution in [3.05, 3.63) is 29.3 Å². The Morgan fingerprint density at radius 1 is 1.06 bits per heavy atom. The molecule has 1 aromatic rings. The monoisotopic (exact) mass is 217 g/mol. The van der Waals surface area contributed by atoms with Crippen LogP contribution in [0.15, 0.2) is 18.2 Å². The van der Waals surface area contributed by atoms with E-state index in [1.165, 1.54) is 42.5 Å². The molecule has 1 heteroatoms. The minimum Gasteiger partial charge on any atom is -0.382 e. The molecular weight excluding hydrogens is 194 g/mol. The Bertz CT molecular complexity index is 356. The first kappa shape index (κ1) is 11.5. The molecule has 88 valence electrons. The average Bonchev–Trinajstić information content (AvgIpc) is 2.27. The molecule has 1 aliphatic carbocycles. The third kappa shape index (κ3) is 2.58. The van der Waals surface area contributed by atoms with Gasteiger partial charge in [-0.3, -0.25) is 0 Å². The van der Waals surface area contributed by atoms with E-state index in [0.717, 1.165) is 5.92 Å². The highest BCUT2D eigenvalue weighted by molar-refractivity contribution is 5.48. The van der Waals surface area contributed by atoms with Crippen LogP contribution in [0.2, 0.25) is 0 Å². The van der Waals surface area contributed by atoms with Gasteiger partial charge in [0.2, 0.25) is 0 Å². The van der Waals surface area contributed by atoms with Crippen LogP contribution in [0.5, 0.6) is 0 Å². The molecule has 0 spiro atoms. The van der Waals surface area contributed by atoms with E-state index in [0.29, 0.717) is 6.04 Å². The highest BCUT2D eigenvalue weighted by Crippen LogP contribution is 2.27. The number of nitrogens with one attached hydrogen (secondary N) is 1. The zero-order valence-electron chi connectivity index (χ0n) is 10.7. The summed E-state index contributed by atoms with van der Waals surface area (Å²) in [7, 11) is 0. The van der Waals surface area contributed by atoms with Crippen molar-refractivity contribution in [3.63, 3.8) is 0 Å². The maximum atomic E-state index is 3.70. The third-order valence-corrected chi connectivity index (χ3v) is 3.97. The maximum absolute atomic E-state index is 3.70. The van der Waals surface area contributed by atoms with Gasteiger partial charge in [0.25, 0.3) is 0 Å². The lowest BCUT2D eigenvalue weighted by Crippen LogP contribution is -2.30. The number of rotatable bonds is 2. The Labute approximate surface area is 99.3 Å². The Morgan fingerprint density at radius 2 is 1.81 bits per heavy atom. The molecule has 16 heavy (non-hydrogen) atoms. The van der Waals surface area contributed by atoms with Crippen LogP contribution in [0.4, 0.5) is 5.69 Å². The molecule has 1 saturated carbocycles. The van der Waals surface area contributed by atoms with E-state index in [9.17, 15) is 0 Å². The topological polar surface area (TPSA) is 12.0 Å². The van der Waals surface area contributed by atoms with E-state index in [4.69, 9.17) is 0 Å². The normalized spacial score (nSPS) is 25.4. The Kier molecular flexibility index (Phi) is 3.52. The summed E-state index contributed by atoms with van der Waals surface area (Å²) >= 11 is 0. The third-order valence-electron chi connectivity index (χ3n) is 3.97. The zero-order chi connectivity index (χ0) is 11.5. The number of benzene rings is 1. The fraction of sp³-hybridized carbons (Fsp3) is 0.600. The lowest BCUT2D eigenvalue weighted by atomic mass is 9.86. The predicted molar refractivity (Wildman–Crippen MR) is 71.0 cm³/mol. The van der Waals surface area contributed by atoms with Gasteiger partial charge in [0.15, 0.2) is 0 Å². The first-order chi connectivity index (χ1) is 7.66. The van der Waals surface area contributed by atoms with Gasteiger partial charge in [-0.25, -0.2) is 0 Å². The lowest BCUT2D eigenvalue weighted by molar-refractivity contribution is 0.349. The van der Waals surface area contributed by atoms with Crippen LogP contribution in [-0.2, 0) is 0 Å². The second kappa shape index (κ2) is 4.90. The van der Waals surface area contributed by atoms with Crippen molar-refractivity contribution in [2.45, 2.75) is 52.5 Å². The fourth-order valence-electron chi connectivity index (χ4n) is 2.58. The zero-order valence-corrected chi connectivity index (χ0v) is 10.7. The summed E-state index contributed by atoms with van der Waals surface area (Å²) < 4.78 is 0. The molecule has 0 radical (unpaired) electrons. The van der Waals surface area contributed by atoms with Gasteiger partial charge in [-0.15, -0.1) is 0 Å². The van der Waals surface area contributed by atoms with Gasteiger partial charge in [-0.2, -0.15) is 0 Å². The molecule has 0 aliphatic heterocycles. The number of anilines is 1. The van der Waals surface area contributed by atoms with E-state index in [1.807, 2.05) is 0 Å². The molecule has 0 heterocycles. The summed E-state index contributed by atoms with van der Waals surface area (Å²) in [5.41, 5.74) is 4.05. The SMILES string of the molecule is Cc1ccc(NC2CCCCC2C)cc1C. The largest absolute Gasteiger partial charge is 0.382 e. The van der Waals surface area contributed by atoms with Crippen LogP contribution in [-0.4, -0.2) is 6.04 Å². The number of hydrogen-bond donors (Lipinski definition) is 1. The Hall–Kier alpha value is -0.980. The van der Waals surface area contributed by atoms with Crippen LogP contribution >= 0.6 is 0 Å². The second-order valence-corrected chi connectivity index (χ2v) is 5.31. The van der Waals surface area contributed by atoms with Crippen molar-refractivity contribution in [1.82, 2.24) is 0 Å². The molecule has 1 N–H and O–H groups in total. The van der Waals surface area contributed by atoms with E-state index >= 15 is 0 Å².